The zero-order valence-electron chi connectivity index (χ0n) is 12.0. The number of hydrogen-bond donors (Lipinski definition) is 2. The number of nitrogens with zero attached hydrogens (tertiary/aromatic N) is 3. The van der Waals surface area contributed by atoms with Crippen molar-refractivity contribution in [3.63, 3.8) is 0 Å². The summed E-state index contributed by atoms with van der Waals surface area (Å²) < 4.78 is 23.8. The van der Waals surface area contributed by atoms with Gasteiger partial charge in [-0.2, -0.15) is 15.0 Å². The Morgan fingerprint density at radius 3 is 2.52 bits per heavy atom. The largest absolute Gasteiger partial charge is 0.497 e. The van der Waals surface area contributed by atoms with E-state index in [-0.39, 0.29) is 17.6 Å². The molecule has 1 aromatic carbocycles. The van der Waals surface area contributed by atoms with E-state index in [0.717, 1.165) is 0 Å². The molecule has 0 atom stereocenters. The van der Waals surface area contributed by atoms with Crippen LogP contribution in [-0.4, -0.2) is 35.7 Å². The minimum atomic E-state index is -0.444. The molecule has 112 valence electrons. The average molecular weight is 293 g/mol. The van der Waals surface area contributed by atoms with Crippen LogP contribution in [0.5, 0.6) is 11.8 Å². The van der Waals surface area contributed by atoms with Crippen LogP contribution in [0, 0.1) is 5.82 Å². The average Bonchev–Trinajstić information content (AvgIpc) is 2.49. The smallest absolute Gasteiger partial charge is 0.322 e. The summed E-state index contributed by atoms with van der Waals surface area (Å²) in [4.78, 5) is 12.2. The molecule has 1 heterocycles. The first-order chi connectivity index (χ1) is 10.2. The molecule has 2 aromatic rings. The summed E-state index contributed by atoms with van der Waals surface area (Å²) in [5, 5.41) is 5.73. The molecule has 0 unspecified atom stereocenters. The van der Waals surface area contributed by atoms with Crippen LogP contribution in [0.2, 0.25) is 0 Å². The maximum Gasteiger partial charge on any atom is 0.322 e. The minimum absolute atomic E-state index is 0.131. The van der Waals surface area contributed by atoms with Crippen molar-refractivity contribution in [1.29, 1.82) is 0 Å². The second-order valence-electron chi connectivity index (χ2n) is 3.97. The van der Waals surface area contributed by atoms with Crippen molar-refractivity contribution in [1.82, 2.24) is 15.0 Å². The Bertz CT molecular complexity index is 624. The first-order valence-electron chi connectivity index (χ1n) is 6.30. The van der Waals surface area contributed by atoms with E-state index in [4.69, 9.17) is 9.47 Å². The Morgan fingerprint density at radius 2 is 1.86 bits per heavy atom. The van der Waals surface area contributed by atoms with Crippen molar-refractivity contribution in [2.24, 2.45) is 0 Å². The van der Waals surface area contributed by atoms with Crippen LogP contribution in [0.3, 0.4) is 0 Å². The van der Waals surface area contributed by atoms with Gasteiger partial charge in [-0.1, -0.05) is 0 Å². The van der Waals surface area contributed by atoms with Crippen LogP contribution >= 0.6 is 0 Å². The summed E-state index contributed by atoms with van der Waals surface area (Å²) >= 11 is 0. The van der Waals surface area contributed by atoms with E-state index in [0.29, 0.717) is 18.2 Å². The van der Waals surface area contributed by atoms with Gasteiger partial charge in [-0.15, -0.1) is 0 Å². The third kappa shape index (κ3) is 3.68. The standard InChI is InChI=1S/C13H16FN5O2/c1-4-15-11-17-12(19-13(18-11)21-3)16-10-7-8(20-2)5-6-9(10)14/h5-7H,4H2,1-3H3,(H2,15,16,17,18,19). The molecule has 0 bridgehead atoms. The third-order valence-electron chi connectivity index (χ3n) is 2.55. The number of aromatic nitrogens is 3. The number of hydrogen-bond acceptors (Lipinski definition) is 7. The first-order valence-corrected chi connectivity index (χ1v) is 6.30. The SMILES string of the molecule is CCNc1nc(Nc2cc(OC)ccc2F)nc(OC)n1. The highest BCUT2D eigenvalue weighted by Gasteiger charge is 2.10. The summed E-state index contributed by atoms with van der Waals surface area (Å²) in [5.41, 5.74) is 0.199. The number of halogens is 1. The number of methoxy groups -OCH3 is 2. The molecular formula is C13H16FN5O2. The van der Waals surface area contributed by atoms with Gasteiger partial charge in [-0.05, 0) is 19.1 Å². The lowest BCUT2D eigenvalue weighted by Gasteiger charge is -2.10. The molecule has 0 spiro atoms. The number of nitrogens with one attached hydrogen (secondary N) is 2. The van der Waals surface area contributed by atoms with Gasteiger partial charge in [0.05, 0.1) is 19.9 Å². The zero-order valence-corrected chi connectivity index (χ0v) is 12.0. The molecule has 0 aliphatic rings. The highest BCUT2D eigenvalue weighted by atomic mass is 19.1. The Morgan fingerprint density at radius 1 is 1.10 bits per heavy atom. The predicted molar refractivity (Wildman–Crippen MR) is 76.8 cm³/mol. The summed E-state index contributed by atoms with van der Waals surface area (Å²) in [6.45, 7) is 2.55. The molecule has 0 saturated carbocycles. The quantitative estimate of drug-likeness (QED) is 0.845. The van der Waals surface area contributed by atoms with Crippen LogP contribution in [0.15, 0.2) is 18.2 Å². The fourth-order valence-corrected chi connectivity index (χ4v) is 1.59. The Balaban J connectivity index is 2.32. The van der Waals surface area contributed by atoms with Crippen LogP contribution in [-0.2, 0) is 0 Å². The molecule has 0 amide bonds. The monoisotopic (exact) mass is 293 g/mol. The molecule has 0 radical (unpaired) electrons. The van der Waals surface area contributed by atoms with E-state index in [9.17, 15) is 4.39 Å². The van der Waals surface area contributed by atoms with Gasteiger partial charge in [-0.3, -0.25) is 0 Å². The molecular weight excluding hydrogens is 277 g/mol. The van der Waals surface area contributed by atoms with E-state index >= 15 is 0 Å². The van der Waals surface area contributed by atoms with Crippen molar-refractivity contribution in [3.8, 4) is 11.8 Å². The number of benzene rings is 1. The van der Waals surface area contributed by atoms with Crippen molar-refractivity contribution in [2.75, 3.05) is 31.4 Å². The van der Waals surface area contributed by atoms with Gasteiger partial charge in [0.25, 0.3) is 0 Å². The van der Waals surface area contributed by atoms with Gasteiger partial charge < -0.3 is 20.1 Å². The summed E-state index contributed by atoms with van der Waals surface area (Å²) in [6, 6.07) is 4.47. The number of ether oxygens (including phenoxy) is 2. The first kappa shape index (κ1) is 14.8. The maximum absolute atomic E-state index is 13.8. The Kier molecular flexibility index (Phi) is 4.70. The minimum Gasteiger partial charge on any atom is -0.497 e. The molecule has 2 N–H and O–H groups in total. The topological polar surface area (TPSA) is 81.2 Å². The number of rotatable bonds is 6. The van der Waals surface area contributed by atoms with Gasteiger partial charge in [-0.25, -0.2) is 4.39 Å². The Labute approximate surface area is 121 Å². The van der Waals surface area contributed by atoms with E-state index in [1.807, 2.05) is 6.92 Å². The normalized spacial score (nSPS) is 10.1. The molecule has 0 aliphatic heterocycles. The van der Waals surface area contributed by atoms with Crippen molar-refractivity contribution >= 4 is 17.6 Å². The molecule has 2 rings (SSSR count). The van der Waals surface area contributed by atoms with Gasteiger partial charge >= 0.3 is 6.01 Å². The van der Waals surface area contributed by atoms with Gasteiger partial charge in [0.1, 0.15) is 11.6 Å². The van der Waals surface area contributed by atoms with E-state index in [2.05, 4.69) is 25.6 Å². The van der Waals surface area contributed by atoms with Gasteiger partial charge in [0.15, 0.2) is 0 Å². The lowest BCUT2D eigenvalue weighted by Crippen LogP contribution is -2.08. The summed E-state index contributed by atoms with van der Waals surface area (Å²) in [7, 11) is 2.95. The molecule has 1 aromatic heterocycles. The highest BCUT2D eigenvalue weighted by molar-refractivity contribution is 5.57. The summed E-state index contributed by atoms with van der Waals surface area (Å²) in [5.74, 6) is 0.590. The molecule has 0 aliphatic carbocycles. The second-order valence-corrected chi connectivity index (χ2v) is 3.97. The maximum atomic E-state index is 13.8. The fraction of sp³-hybridized carbons (Fsp3) is 0.308. The molecule has 0 saturated heterocycles. The van der Waals surface area contributed by atoms with E-state index in [1.165, 1.54) is 32.4 Å². The van der Waals surface area contributed by atoms with Crippen molar-refractivity contribution < 1.29 is 13.9 Å². The van der Waals surface area contributed by atoms with Crippen LogP contribution < -0.4 is 20.1 Å². The second kappa shape index (κ2) is 6.69. The fourth-order valence-electron chi connectivity index (χ4n) is 1.59. The highest BCUT2D eigenvalue weighted by Crippen LogP contribution is 2.24. The third-order valence-corrected chi connectivity index (χ3v) is 2.55. The zero-order chi connectivity index (χ0) is 15.2. The predicted octanol–water partition coefficient (Wildman–Crippen LogP) is 2.20. The molecule has 0 fully saturated rings. The Hall–Kier alpha value is -2.64. The van der Waals surface area contributed by atoms with Crippen LogP contribution in [0.1, 0.15) is 6.92 Å². The van der Waals surface area contributed by atoms with E-state index in [1.54, 1.807) is 0 Å². The van der Waals surface area contributed by atoms with E-state index < -0.39 is 5.82 Å². The molecule has 8 heteroatoms. The number of anilines is 3. The van der Waals surface area contributed by atoms with Gasteiger partial charge in [0, 0.05) is 12.6 Å². The lowest BCUT2D eigenvalue weighted by atomic mass is 10.3. The molecule has 21 heavy (non-hydrogen) atoms. The van der Waals surface area contributed by atoms with Crippen LogP contribution in [0.4, 0.5) is 22.0 Å². The summed E-state index contributed by atoms with van der Waals surface area (Å²) in [6.07, 6.45) is 0. The van der Waals surface area contributed by atoms with Crippen LogP contribution in [0.25, 0.3) is 0 Å². The van der Waals surface area contributed by atoms with Gasteiger partial charge in [0.2, 0.25) is 11.9 Å². The van der Waals surface area contributed by atoms with Crippen molar-refractivity contribution in [2.45, 2.75) is 6.92 Å². The van der Waals surface area contributed by atoms with Crippen molar-refractivity contribution in [3.05, 3.63) is 24.0 Å². The molecule has 7 nitrogen and oxygen atoms in total. The lowest BCUT2D eigenvalue weighted by molar-refractivity contribution is 0.379.